The highest BCUT2D eigenvalue weighted by molar-refractivity contribution is 7.58. The molecule has 4 rings (SSSR count). The van der Waals surface area contributed by atoms with Gasteiger partial charge in [0.25, 0.3) is 0 Å². The molecule has 0 bridgehead atoms. The standard InChI is InChI=1S/C33H44FN2O3P/c1-22(2)36(23(3)4)19-28-16-25(11-14-30(28)31-15-24(5)35-18-33(31)34)20-39-29-10-8-9-27(17-29)32(26-12-13-26)21-40(7,37)38-6/h8-11,14-18,22-23,26,32H,12-13,19-21H2,1-7H3. The van der Waals surface area contributed by atoms with Crippen LogP contribution in [-0.2, 0) is 22.2 Å². The van der Waals surface area contributed by atoms with Gasteiger partial charge in [-0.1, -0.05) is 30.3 Å². The normalized spacial score (nSPS) is 16.0. The molecule has 5 nitrogen and oxygen atoms in total. The van der Waals surface area contributed by atoms with Gasteiger partial charge in [0.1, 0.15) is 18.2 Å². The van der Waals surface area contributed by atoms with E-state index < -0.39 is 7.37 Å². The summed E-state index contributed by atoms with van der Waals surface area (Å²) in [5.41, 5.74) is 5.49. The molecule has 1 aliphatic rings. The molecule has 2 aromatic carbocycles. The Morgan fingerprint density at radius 2 is 1.77 bits per heavy atom. The Labute approximate surface area is 239 Å². The number of benzene rings is 2. The lowest BCUT2D eigenvalue weighted by Crippen LogP contribution is -2.36. The third-order valence-corrected chi connectivity index (χ3v) is 9.76. The number of aryl methyl sites for hydroxylation is 1. The summed E-state index contributed by atoms with van der Waals surface area (Å²) in [5.74, 6) is 1.24. The van der Waals surface area contributed by atoms with E-state index in [1.54, 1.807) is 6.66 Å². The molecule has 0 aliphatic heterocycles. The van der Waals surface area contributed by atoms with Gasteiger partial charge in [0.15, 0.2) is 0 Å². The number of rotatable bonds is 13. The number of hydrogen-bond acceptors (Lipinski definition) is 5. The number of nitrogens with zero attached hydrogens (tertiary/aromatic N) is 2. The lowest BCUT2D eigenvalue weighted by Gasteiger charge is -2.31. The van der Waals surface area contributed by atoms with Gasteiger partial charge in [0.05, 0.1) is 6.20 Å². The van der Waals surface area contributed by atoms with E-state index in [0.29, 0.717) is 42.9 Å². The first kappa shape index (κ1) is 30.4. The van der Waals surface area contributed by atoms with Gasteiger partial charge in [-0.25, -0.2) is 4.39 Å². The summed E-state index contributed by atoms with van der Waals surface area (Å²) in [6, 6.07) is 16.9. The first-order chi connectivity index (χ1) is 19.0. The summed E-state index contributed by atoms with van der Waals surface area (Å²) >= 11 is 0. The molecule has 0 amide bonds. The van der Waals surface area contributed by atoms with Crippen LogP contribution >= 0.6 is 7.37 Å². The largest absolute Gasteiger partial charge is 0.489 e. The van der Waals surface area contributed by atoms with Crippen molar-refractivity contribution in [2.75, 3.05) is 19.9 Å². The Bertz CT molecular complexity index is 1350. The van der Waals surface area contributed by atoms with Crippen molar-refractivity contribution in [3.05, 3.63) is 82.9 Å². The topological polar surface area (TPSA) is 51.7 Å². The van der Waals surface area contributed by atoms with E-state index in [-0.39, 0.29) is 11.7 Å². The van der Waals surface area contributed by atoms with Gasteiger partial charge in [-0.3, -0.25) is 14.4 Å². The lowest BCUT2D eigenvalue weighted by atomic mass is 9.96. The van der Waals surface area contributed by atoms with E-state index in [1.807, 2.05) is 37.3 Å². The maximum atomic E-state index is 14.9. The second kappa shape index (κ2) is 13.0. The molecule has 216 valence electrons. The molecule has 2 unspecified atom stereocenters. The molecule has 0 radical (unpaired) electrons. The summed E-state index contributed by atoms with van der Waals surface area (Å²) in [6.45, 7) is 13.5. The molecular formula is C33H44FN2O3P. The van der Waals surface area contributed by atoms with Crippen LogP contribution in [0.25, 0.3) is 11.1 Å². The molecule has 40 heavy (non-hydrogen) atoms. The van der Waals surface area contributed by atoms with E-state index in [1.165, 1.54) is 13.3 Å². The average molecular weight is 567 g/mol. The van der Waals surface area contributed by atoms with Gasteiger partial charge in [-0.15, -0.1) is 0 Å². The zero-order valence-corrected chi connectivity index (χ0v) is 25.9. The molecule has 0 spiro atoms. The summed E-state index contributed by atoms with van der Waals surface area (Å²) < 4.78 is 39.3. The van der Waals surface area contributed by atoms with Crippen molar-refractivity contribution in [3.8, 4) is 16.9 Å². The minimum absolute atomic E-state index is 0.210. The van der Waals surface area contributed by atoms with Crippen LogP contribution in [0.5, 0.6) is 5.75 Å². The Morgan fingerprint density at radius 3 is 2.42 bits per heavy atom. The van der Waals surface area contributed by atoms with E-state index in [2.05, 4.69) is 55.8 Å². The minimum Gasteiger partial charge on any atom is -0.489 e. The van der Waals surface area contributed by atoms with Gasteiger partial charge in [-0.2, -0.15) is 0 Å². The predicted octanol–water partition coefficient (Wildman–Crippen LogP) is 8.44. The van der Waals surface area contributed by atoms with Crippen LogP contribution in [-0.4, -0.2) is 41.9 Å². The van der Waals surface area contributed by atoms with Crippen molar-refractivity contribution < 1.29 is 18.2 Å². The zero-order valence-electron chi connectivity index (χ0n) is 25.0. The molecular weight excluding hydrogens is 522 g/mol. The Kier molecular flexibility index (Phi) is 9.87. The van der Waals surface area contributed by atoms with Crippen LogP contribution < -0.4 is 4.74 Å². The van der Waals surface area contributed by atoms with E-state index in [9.17, 15) is 8.96 Å². The molecule has 1 fully saturated rings. The molecule has 7 heteroatoms. The fourth-order valence-electron chi connectivity index (χ4n) is 5.50. The van der Waals surface area contributed by atoms with Crippen molar-refractivity contribution in [2.24, 2.45) is 5.92 Å². The summed E-state index contributed by atoms with van der Waals surface area (Å²) in [4.78, 5) is 6.53. The summed E-state index contributed by atoms with van der Waals surface area (Å²) in [7, 11) is -1.09. The number of hydrogen-bond donors (Lipinski definition) is 0. The number of pyridine rings is 1. The summed E-state index contributed by atoms with van der Waals surface area (Å²) in [6.07, 6.45) is 4.18. The predicted molar refractivity (Wildman–Crippen MR) is 162 cm³/mol. The van der Waals surface area contributed by atoms with Gasteiger partial charge >= 0.3 is 0 Å². The zero-order chi connectivity index (χ0) is 29.0. The van der Waals surface area contributed by atoms with Crippen LogP contribution in [0.4, 0.5) is 4.39 Å². The molecule has 1 saturated carbocycles. The van der Waals surface area contributed by atoms with Crippen molar-refractivity contribution in [3.63, 3.8) is 0 Å². The smallest absolute Gasteiger partial charge is 0.200 e. The second-order valence-corrected chi connectivity index (χ2v) is 14.6. The van der Waals surface area contributed by atoms with Crippen LogP contribution in [0.2, 0.25) is 0 Å². The molecule has 1 aliphatic carbocycles. The number of aromatic nitrogens is 1. The average Bonchev–Trinajstić information content (AvgIpc) is 3.76. The highest BCUT2D eigenvalue weighted by Gasteiger charge is 2.36. The fraction of sp³-hybridized carbons (Fsp3) is 0.485. The van der Waals surface area contributed by atoms with E-state index >= 15 is 0 Å². The van der Waals surface area contributed by atoms with Gasteiger partial charge in [-0.05, 0) is 99.7 Å². The molecule has 1 aromatic heterocycles. The monoisotopic (exact) mass is 566 g/mol. The van der Waals surface area contributed by atoms with Crippen molar-refractivity contribution in [1.82, 2.24) is 9.88 Å². The van der Waals surface area contributed by atoms with Crippen LogP contribution in [0.15, 0.2) is 54.7 Å². The van der Waals surface area contributed by atoms with Gasteiger partial charge < -0.3 is 9.26 Å². The van der Waals surface area contributed by atoms with Crippen LogP contribution in [0.3, 0.4) is 0 Å². The molecule has 0 N–H and O–H groups in total. The van der Waals surface area contributed by atoms with Crippen molar-refractivity contribution in [2.45, 2.75) is 78.6 Å². The fourth-order valence-corrected chi connectivity index (χ4v) is 6.87. The van der Waals surface area contributed by atoms with Crippen LogP contribution in [0, 0.1) is 18.7 Å². The van der Waals surface area contributed by atoms with Gasteiger partial charge in [0.2, 0.25) is 7.37 Å². The quantitative estimate of drug-likeness (QED) is 0.194. The second-order valence-electron chi connectivity index (χ2n) is 11.8. The highest BCUT2D eigenvalue weighted by Crippen LogP contribution is 2.53. The third-order valence-electron chi connectivity index (χ3n) is 7.93. The maximum absolute atomic E-state index is 14.9. The molecule has 0 saturated heterocycles. The molecule has 2 atom stereocenters. The highest BCUT2D eigenvalue weighted by atomic mass is 31.2. The van der Waals surface area contributed by atoms with Crippen LogP contribution in [0.1, 0.15) is 68.8 Å². The first-order valence-corrected chi connectivity index (χ1v) is 16.6. The van der Waals surface area contributed by atoms with E-state index in [0.717, 1.165) is 46.5 Å². The summed E-state index contributed by atoms with van der Waals surface area (Å²) in [5, 5.41) is 0. The van der Waals surface area contributed by atoms with Crippen molar-refractivity contribution in [1.29, 1.82) is 0 Å². The van der Waals surface area contributed by atoms with E-state index in [4.69, 9.17) is 9.26 Å². The Hall–Kier alpha value is -2.53. The number of ether oxygens (including phenoxy) is 1. The Balaban J connectivity index is 1.59. The number of halogens is 1. The third kappa shape index (κ3) is 7.81. The first-order valence-electron chi connectivity index (χ1n) is 14.3. The SMILES string of the molecule is COP(C)(=O)CC(c1cccc(OCc2ccc(-c3cc(C)ncc3F)c(CN(C(C)C)C(C)C)c2)c1)C1CC1. The molecule has 3 aromatic rings. The van der Waals surface area contributed by atoms with Gasteiger partial charge in [0, 0.05) is 49.8 Å². The maximum Gasteiger partial charge on any atom is 0.200 e. The Morgan fingerprint density at radius 1 is 1.05 bits per heavy atom. The molecule has 1 heterocycles. The van der Waals surface area contributed by atoms with Crippen molar-refractivity contribution >= 4 is 7.37 Å². The lowest BCUT2D eigenvalue weighted by molar-refractivity contribution is 0.166. The minimum atomic E-state index is -2.63.